The van der Waals surface area contributed by atoms with Crippen LogP contribution in [0.1, 0.15) is 28.8 Å². The number of likely N-dealkylation sites (N-methyl/N-ethyl adjacent to an activating group) is 1. The second kappa shape index (κ2) is 6.95. The van der Waals surface area contributed by atoms with Gasteiger partial charge in [0.1, 0.15) is 17.1 Å². The molecular weight excluding hydrogens is 264 g/mol. The van der Waals surface area contributed by atoms with E-state index in [1.165, 1.54) is 11.0 Å². The maximum Gasteiger partial charge on any atom is 0.339 e. The topological polar surface area (TPSA) is 92.0 Å². The van der Waals surface area contributed by atoms with Gasteiger partial charge in [-0.1, -0.05) is 0 Å². The van der Waals surface area contributed by atoms with Crippen molar-refractivity contribution in [1.82, 2.24) is 10.2 Å². The van der Waals surface area contributed by atoms with Gasteiger partial charge in [-0.2, -0.15) is 0 Å². The van der Waals surface area contributed by atoms with Gasteiger partial charge in [-0.15, -0.1) is 0 Å². The van der Waals surface area contributed by atoms with Crippen LogP contribution >= 0.6 is 0 Å². The number of hydrogen-bond donors (Lipinski definition) is 2. The molecule has 0 aliphatic heterocycles. The van der Waals surface area contributed by atoms with Crippen LogP contribution in [0.4, 0.5) is 4.79 Å². The van der Waals surface area contributed by atoms with Crippen LogP contribution in [-0.4, -0.2) is 48.8 Å². The number of urea groups is 1. The Morgan fingerprint density at radius 3 is 2.70 bits per heavy atom. The van der Waals surface area contributed by atoms with E-state index in [9.17, 15) is 9.59 Å². The lowest BCUT2D eigenvalue weighted by molar-refractivity contribution is 0.0695. The predicted octanol–water partition coefficient (Wildman–Crippen LogP) is 1.46. The van der Waals surface area contributed by atoms with Gasteiger partial charge in [0.15, 0.2) is 0 Å². The monoisotopic (exact) mass is 284 g/mol. The fourth-order valence-electron chi connectivity index (χ4n) is 1.68. The first-order chi connectivity index (χ1) is 9.36. The van der Waals surface area contributed by atoms with Crippen molar-refractivity contribution in [3.8, 4) is 0 Å². The number of aromatic carboxylic acids is 1. The Balaban J connectivity index is 2.56. The number of nitrogens with zero attached hydrogens (tertiary/aromatic N) is 1. The first kappa shape index (κ1) is 16.0. The van der Waals surface area contributed by atoms with Gasteiger partial charge in [-0.25, -0.2) is 9.59 Å². The summed E-state index contributed by atoms with van der Waals surface area (Å²) in [5.74, 6) is -0.321. The first-order valence-corrected chi connectivity index (χ1v) is 6.19. The Kier molecular flexibility index (Phi) is 5.57. The van der Waals surface area contributed by atoms with Crippen LogP contribution in [0.2, 0.25) is 0 Å². The maximum atomic E-state index is 11.9. The van der Waals surface area contributed by atoms with Gasteiger partial charge in [0.2, 0.25) is 0 Å². The SMILES string of the molecule is COCC(C)N(C)C(=O)NCc1cc(C(=O)O)c(C)o1. The van der Waals surface area contributed by atoms with Crippen LogP contribution in [-0.2, 0) is 11.3 Å². The van der Waals surface area contributed by atoms with Crippen molar-refractivity contribution < 1.29 is 23.8 Å². The van der Waals surface area contributed by atoms with E-state index < -0.39 is 5.97 Å². The van der Waals surface area contributed by atoms with Gasteiger partial charge >= 0.3 is 12.0 Å². The van der Waals surface area contributed by atoms with Gasteiger partial charge in [0.05, 0.1) is 19.2 Å². The number of carboxylic acids is 1. The molecule has 2 N–H and O–H groups in total. The van der Waals surface area contributed by atoms with Crippen LogP contribution in [0.25, 0.3) is 0 Å². The number of nitrogens with one attached hydrogen (secondary N) is 1. The van der Waals surface area contributed by atoms with E-state index in [0.29, 0.717) is 18.1 Å². The lowest BCUT2D eigenvalue weighted by Gasteiger charge is -2.24. The van der Waals surface area contributed by atoms with E-state index in [0.717, 1.165) is 0 Å². The summed E-state index contributed by atoms with van der Waals surface area (Å²) in [7, 11) is 3.23. The maximum absolute atomic E-state index is 11.9. The third-order valence-corrected chi connectivity index (χ3v) is 3.00. The van der Waals surface area contributed by atoms with Gasteiger partial charge in [0, 0.05) is 14.2 Å². The van der Waals surface area contributed by atoms with E-state index in [-0.39, 0.29) is 24.2 Å². The van der Waals surface area contributed by atoms with Crippen LogP contribution < -0.4 is 5.32 Å². The van der Waals surface area contributed by atoms with Crippen molar-refractivity contribution in [2.75, 3.05) is 20.8 Å². The molecular formula is C13H20N2O5. The van der Waals surface area contributed by atoms with Crippen LogP contribution in [0.15, 0.2) is 10.5 Å². The Morgan fingerprint density at radius 2 is 2.20 bits per heavy atom. The third-order valence-electron chi connectivity index (χ3n) is 3.00. The third kappa shape index (κ3) is 3.99. The minimum absolute atomic E-state index is 0.0621. The minimum Gasteiger partial charge on any atom is -0.478 e. The van der Waals surface area contributed by atoms with Gasteiger partial charge in [-0.3, -0.25) is 0 Å². The molecule has 2 amide bonds. The zero-order chi connectivity index (χ0) is 15.3. The molecule has 1 heterocycles. The highest BCUT2D eigenvalue weighted by Crippen LogP contribution is 2.14. The Bertz CT molecular complexity index is 483. The number of amides is 2. The van der Waals surface area contributed by atoms with Crippen LogP contribution in [0, 0.1) is 6.92 Å². The van der Waals surface area contributed by atoms with Crippen LogP contribution in [0.3, 0.4) is 0 Å². The number of aryl methyl sites for hydroxylation is 1. The molecule has 0 aliphatic rings. The van der Waals surface area contributed by atoms with Crippen molar-refractivity contribution in [1.29, 1.82) is 0 Å². The molecule has 112 valence electrons. The summed E-state index contributed by atoms with van der Waals surface area (Å²) in [5, 5.41) is 11.6. The van der Waals surface area contributed by atoms with Crippen LogP contribution in [0.5, 0.6) is 0 Å². The zero-order valence-electron chi connectivity index (χ0n) is 12.1. The number of carbonyl (C=O) groups excluding carboxylic acids is 1. The quantitative estimate of drug-likeness (QED) is 0.825. The first-order valence-electron chi connectivity index (χ1n) is 6.19. The van der Waals surface area contributed by atoms with Gasteiger partial charge in [0.25, 0.3) is 0 Å². The number of hydrogen-bond acceptors (Lipinski definition) is 4. The number of furan rings is 1. The molecule has 1 unspecified atom stereocenters. The minimum atomic E-state index is -1.05. The number of rotatable bonds is 6. The molecule has 1 atom stereocenters. The molecule has 0 radical (unpaired) electrons. The van der Waals surface area contributed by atoms with E-state index in [2.05, 4.69) is 5.32 Å². The molecule has 1 rings (SSSR count). The molecule has 0 aromatic carbocycles. The highest BCUT2D eigenvalue weighted by atomic mass is 16.5. The summed E-state index contributed by atoms with van der Waals surface area (Å²) in [6.07, 6.45) is 0. The van der Waals surface area contributed by atoms with E-state index in [1.54, 1.807) is 21.1 Å². The van der Waals surface area contributed by atoms with E-state index in [1.807, 2.05) is 6.92 Å². The lowest BCUT2D eigenvalue weighted by atomic mass is 10.2. The highest BCUT2D eigenvalue weighted by Gasteiger charge is 2.17. The lowest BCUT2D eigenvalue weighted by Crippen LogP contribution is -2.43. The van der Waals surface area contributed by atoms with Crippen molar-refractivity contribution in [3.05, 3.63) is 23.2 Å². The number of carboxylic acid groups (broad SMARTS) is 1. The summed E-state index contributed by atoms with van der Waals surface area (Å²) >= 11 is 0. The van der Waals surface area contributed by atoms with Crippen molar-refractivity contribution in [3.63, 3.8) is 0 Å². The zero-order valence-corrected chi connectivity index (χ0v) is 12.1. The van der Waals surface area contributed by atoms with Crippen molar-refractivity contribution in [2.45, 2.75) is 26.4 Å². The fraction of sp³-hybridized carbons (Fsp3) is 0.538. The normalized spacial score (nSPS) is 12.0. The van der Waals surface area contributed by atoms with Gasteiger partial charge < -0.3 is 24.5 Å². The molecule has 0 spiro atoms. The Hall–Kier alpha value is -2.02. The number of ether oxygens (including phenoxy) is 1. The smallest absolute Gasteiger partial charge is 0.339 e. The Morgan fingerprint density at radius 1 is 1.55 bits per heavy atom. The molecule has 7 nitrogen and oxygen atoms in total. The second-order valence-electron chi connectivity index (χ2n) is 4.56. The summed E-state index contributed by atoms with van der Waals surface area (Å²) in [6, 6.07) is 1.07. The highest BCUT2D eigenvalue weighted by molar-refractivity contribution is 5.88. The van der Waals surface area contributed by atoms with Crippen molar-refractivity contribution in [2.24, 2.45) is 0 Å². The molecule has 20 heavy (non-hydrogen) atoms. The molecule has 1 aromatic heterocycles. The predicted molar refractivity (Wildman–Crippen MR) is 71.7 cm³/mol. The average molecular weight is 284 g/mol. The molecule has 0 saturated heterocycles. The van der Waals surface area contributed by atoms with Crippen molar-refractivity contribution >= 4 is 12.0 Å². The average Bonchev–Trinajstić information content (AvgIpc) is 2.76. The largest absolute Gasteiger partial charge is 0.478 e. The van der Waals surface area contributed by atoms with Gasteiger partial charge in [-0.05, 0) is 19.9 Å². The number of methoxy groups -OCH3 is 1. The van der Waals surface area contributed by atoms with E-state index in [4.69, 9.17) is 14.3 Å². The second-order valence-corrected chi connectivity index (χ2v) is 4.56. The Labute approximate surface area is 117 Å². The summed E-state index contributed by atoms with van der Waals surface area (Å²) in [6.45, 7) is 4.01. The standard InChI is InChI=1S/C13H20N2O5/c1-8(7-19-4)15(3)13(18)14-6-10-5-11(12(16)17)9(2)20-10/h5,8H,6-7H2,1-4H3,(H,14,18)(H,16,17). The molecule has 0 saturated carbocycles. The molecule has 0 aliphatic carbocycles. The molecule has 0 fully saturated rings. The summed E-state index contributed by atoms with van der Waals surface area (Å²) in [5.41, 5.74) is 0.107. The molecule has 0 bridgehead atoms. The van der Waals surface area contributed by atoms with E-state index >= 15 is 0 Å². The molecule has 1 aromatic rings. The fourth-order valence-corrected chi connectivity index (χ4v) is 1.68. The number of carbonyl (C=O) groups is 2. The summed E-state index contributed by atoms with van der Waals surface area (Å²) < 4.78 is 10.3. The summed E-state index contributed by atoms with van der Waals surface area (Å²) in [4.78, 5) is 24.2. The molecule has 7 heteroatoms.